The van der Waals surface area contributed by atoms with E-state index in [0.29, 0.717) is 72.5 Å². The number of Topliss-reactive ketones (excluding diaryl/α,β-unsaturated/α-hetero) is 1. The fourth-order valence-electron chi connectivity index (χ4n) is 5.08. The van der Waals surface area contributed by atoms with E-state index >= 15 is 0 Å². The van der Waals surface area contributed by atoms with Crippen LogP contribution in [0.1, 0.15) is 43.1 Å². The van der Waals surface area contributed by atoms with Gasteiger partial charge in [0.1, 0.15) is 29.6 Å². The molecule has 1 saturated heterocycles. The Morgan fingerprint density at radius 1 is 1.07 bits per heavy atom. The lowest BCUT2D eigenvalue weighted by atomic mass is 9.89. The standard InChI is InChI=1S/C33H37ClN4O5/c1-33(2,3)31-15-21(20-37-31)14-23(39)16-22-4-5-24(17-27(22)34)43-29-6-7-36-28-19-30(26(32(35)40)18-25(28)29)42-13-10-38-8-11-41-12-9-38/h4-7,15,17-19H,8-14,16,20H2,1-3H3,(H2,35,40). The minimum absolute atomic E-state index is 0.0370. The zero-order chi connectivity index (χ0) is 30.6. The van der Waals surface area contributed by atoms with Crippen LogP contribution in [-0.4, -0.2) is 73.3 Å². The average Bonchev–Trinajstić information content (AvgIpc) is 3.44. The van der Waals surface area contributed by atoms with Gasteiger partial charge < -0.3 is 19.9 Å². The first-order valence-corrected chi connectivity index (χ1v) is 14.8. The number of ketones is 1. The number of nitrogens with zero attached hydrogens (tertiary/aromatic N) is 3. The summed E-state index contributed by atoms with van der Waals surface area (Å²) in [7, 11) is 0. The topological polar surface area (TPSA) is 116 Å². The molecule has 0 saturated carbocycles. The van der Waals surface area contributed by atoms with E-state index in [9.17, 15) is 9.59 Å². The van der Waals surface area contributed by atoms with Gasteiger partial charge in [0.15, 0.2) is 0 Å². The number of allylic oxidation sites excluding steroid dienone is 1. The van der Waals surface area contributed by atoms with Crippen molar-refractivity contribution in [3.8, 4) is 17.2 Å². The second-order valence-electron chi connectivity index (χ2n) is 11.8. The van der Waals surface area contributed by atoms with Crippen molar-refractivity contribution in [1.29, 1.82) is 0 Å². The van der Waals surface area contributed by atoms with Crippen LogP contribution in [0.2, 0.25) is 5.02 Å². The zero-order valence-corrected chi connectivity index (χ0v) is 25.6. The smallest absolute Gasteiger partial charge is 0.252 e. The number of benzene rings is 2. The summed E-state index contributed by atoms with van der Waals surface area (Å²) in [5.41, 5.74) is 9.29. The Labute approximate surface area is 256 Å². The van der Waals surface area contributed by atoms with Crippen LogP contribution in [0.3, 0.4) is 0 Å². The third kappa shape index (κ3) is 7.79. The highest BCUT2D eigenvalue weighted by Gasteiger charge is 2.22. The van der Waals surface area contributed by atoms with Crippen molar-refractivity contribution in [3.63, 3.8) is 0 Å². The maximum Gasteiger partial charge on any atom is 0.252 e. The molecular weight excluding hydrogens is 568 g/mol. The minimum atomic E-state index is -0.607. The van der Waals surface area contributed by atoms with E-state index in [1.807, 2.05) is 6.08 Å². The average molecular weight is 605 g/mol. The molecule has 1 amide bonds. The maximum atomic E-state index is 12.8. The van der Waals surface area contributed by atoms with Crippen LogP contribution in [0.5, 0.6) is 17.2 Å². The Kier molecular flexibility index (Phi) is 9.44. The van der Waals surface area contributed by atoms with Crippen LogP contribution >= 0.6 is 11.6 Å². The SMILES string of the molecule is CC(C)(C)C1=NCC(CC(=O)Cc2ccc(Oc3ccnc4cc(OCCN5CCOCC5)c(C(N)=O)cc34)cc2Cl)=C1. The van der Waals surface area contributed by atoms with Crippen LogP contribution in [0.15, 0.2) is 59.2 Å². The Morgan fingerprint density at radius 3 is 2.56 bits per heavy atom. The minimum Gasteiger partial charge on any atom is -0.491 e. The van der Waals surface area contributed by atoms with Crippen molar-refractivity contribution >= 4 is 39.9 Å². The molecule has 2 aliphatic rings. The molecule has 2 N–H and O–H groups in total. The van der Waals surface area contributed by atoms with Gasteiger partial charge in [0.25, 0.3) is 5.91 Å². The molecule has 0 spiro atoms. The fourth-order valence-corrected chi connectivity index (χ4v) is 5.32. The summed E-state index contributed by atoms with van der Waals surface area (Å²) in [6, 6.07) is 10.3. The summed E-state index contributed by atoms with van der Waals surface area (Å²) in [6.07, 6.45) is 4.23. The second-order valence-corrected chi connectivity index (χ2v) is 12.3. The van der Waals surface area contributed by atoms with E-state index < -0.39 is 5.91 Å². The number of hydrogen-bond donors (Lipinski definition) is 1. The Balaban J connectivity index is 1.26. The summed E-state index contributed by atoms with van der Waals surface area (Å²) in [6.45, 7) is 11.1. The molecular formula is C33H37ClN4O5. The van der Waals surface area contributed by atoms with E-state index in [-0.39, 0.29) is 23.2 Å². The molecule has 43 heavy (non-hydrogen) atoms. The molecule has 1 fully saturated rings. The van der Waals surface area contributed by atoms with Gasteiger partial charge in [-0.05, 0) is 41.5 Å². The first kappa shape index (κ1) is 30.7. The fraction of sp³-hybridized carbons (Fsp3) is 0.394. The van der Waals surface area contributed by atoms with Crippen LogP contribution in [0.4, 0.5) is 0 Å². The van der Waals surface area contributed by atoms with Crippen LogP contribution < -0.4 is 15.2 Å². The summed E-state index contributed by atoms with van der Waals surface area (Å²) in [5.74, 6) is 0.820. The second kappa shape index (κ2) is 13.2. The number of carbonyl (C=O) groups excluding carboxylic acids is 2. The van der Waals surface area contributed by atoms with Gasteiger partial charge in [-0.25, -0.2) is 0 Å². The molecule has 0 bridgehead atoms. The van der Waals surface area contributed by atoms with Crippen molar-refractivity contribution in [2.45, 2.75) is 33.6 Å². The molecule has 3 aromatic rings. The molecule has 2 aliphatic heterocycles. The van der Waals surface area contributed by atoms with E-state index in [1.54, 1.807) is 42.6 Å². The molecule has 0 aliphatic carbocycles. The molecule has 1 aromatic heterocycles. The highest BCUT2D eigenvalue weighted by Crippen LogP contribution is 2.35. The van der Waals surface area contributed by atoms with Gasteiger partial charge in [-0.2, -0.15) is 0 Å². The number of fused-ring (bicyclic) bond motifs is 1. The van der Waals surface area contributed by atoms with Crippen LogP contribution in [-0.2, 0) is 16.0 Å². The lowest BCUT2D eigenvalue weighted by molar-refractivity contribution is -0.117. The molecule has 5 rings (SSSR count). The summed E-state index contributed by atoms with van der Waals surface area (Å²) in [5, 5.41) is 1.04. The van der Waals surface area contributed by atoms with E-state index in [2.05, 4.69) is 35.6 Å². The first-order valence-electron chi connectivity index (χ1n) is 14.4. The zero-order valence-electron chi connectivity index (χ0n) is 24.8. The number of pyridine rings is 1. The number of aromatic nitrogens is 1. The number of primary amides is 1. The van der Waals surface area contributed by atoms with Crippen molar-refractivity contribution in [1.82, 2.24) is 9.88 Å². The molecule has 2 aromatic carbocycles. The van der Waals surface area contributed by atoms with Crippen molar-refractivity contribution in [2.75, 3.05) is 46.0 Å². The maximum absolute atomic E-state index is 12.8. The quantitative estimate of drug-likeness (QED) is 0.311. The van der Waals surface area contributed by atoms with Crippen molar-refractivity contribution < 1.29 is 23.8 Å². The molecule has 3 heterocycles. The van der Waals surface area contributed by atoms with E-state index in [0.717, 1.165) is 29.9 Å². The van der Waals surface area contributed by atoms with Gasteiger partial charge in [0.2, 0.25) is 0 Å². The lowest BCUT2D eigenvalue weighted by Gasteiger charge is -2.26. The first-order chi connectivity index (χ1) is 20.6. The number of nitrogens with two attached hydrogens (primary N) is 1. The number of carbonyl (C=O) groups is 2. The molecule has 9 nitrogen and oxygen atoms in total. The number of halogens is 1. The van der Waals surface area contributed by atoms with Crippen molar-refractivity contribution in [3.05, 3.63) is 70.4 Å². The molecule has 226 valence electrons. The normalized spacial score (nSPS) is 15.7. The number of ether oxygens (including phenoxy) is 3. The number of hydrogen-bond acceptors (Lipinski definition) is 8. The highest BCUT2D eigenvalue weighted by molar-refractivity contribution is 6.31. The van der Waals surface area contributed by atoms with Crippen molar-refractivity contribution in [2.24, 2.45) is 16.1 Å². The Bertz CT molecular complexity index is 1590. The summed E-state index contributed by atoms with van der Waals surface area (Å²) < 4.78 is 17.5. The third-order valence-electron chi connectivity index (χ3n) is 7.46. The van der Waals surface area contributed by atoms with Gasteiger partial charge in [-0.15, -0.1) is 0 Å². The largest absolute Gasteiger partial charge is 0.491 e. The van der Waals surface area contributed by atoms with Crippen LogP contribution in [0, 0.1) is 5.41 Å². The van der Waals surface area contributed by atoms with E-state index in [4.69, 9.17) is 31.5 Å². The van der Waals surface area contributed by atoms with Gasteiger partial charge in [-0.1, -0.05) is 38.4 Å². The van der Waals surface area contributed by atoms with Gasteiger partial charge in [0.05, 0.1) is 30.8 Å². The summed E-state index contributed by atoms with van der Waals surface area (Å²) in [4.78, 5) is 36.4. The third-order valence-corrected chi connectivity index (χ3v) is 7.81. The monoisotopic (exact) mass is 604 g/mol. The predicted octanol–water partition coefficient (Wildman–Crippen LogP) is 5.42. The van der Waals surface area contributed by atoms with Gasteiger partial charge >= 0.3 is 0 Å². The molecule has 10 heteroatoms. The molecule has 0 radical (unpaired) electrons. The van der Waals surface area contributed by atoms with Gasteiger partial charge in [0, 0.05) is 66.3 Å². The number of rotatable bonds is 11. The molecule has 0 atom stereocenters. The predicted molar refractivity (Wildman–Crippen MR) is 168 cm³/mol. The van der Waals surface area contributed by atoms with Crippen LogP contribution in [0.25, 0.3) is 10.9 Å². The summed E-state index contributed by atoms with van der Waals surface area (Å²) >= 11 is 6.58. The van der Waals surface area contributed by atoms with E-state index in [1.165, 1.54) is 0 Å². The lowest BCUT2D eigenvalue weighted by Crippen LogP contribution is -2.38. The molecule has 0 unspecified atom stereocenters. The van der Waals surface area contributed by atoms with Gasteiger partial charge in [-0.3, -0.25) is 24.5 Å². The number of morpholine rings is 1. The number of aliphatic imine (C=N–C) groups is 1. The number of amides is 1. The Morgan fingerprint density at radius 2 is 1.86 bits per heavy atom. The Hall–Kier alpha value is -3.79. The highest BCUT2D eigenvalue weighted by atomic mass is 35.5.